The second kappa shape index (κ2) is 3.31. The Kier molecular flexibility index (Phi) is 2.34. The minimum absolute atomic E-state index is 0.760. The highest BCUT2D eigenvalue weighted by Crippen LogP contribution is 2.04. The molecular formula is C8H7Cl. The molecule has 1 aliphatic rings. The van der Waals surface area contributed by atoms with E-state index in [-0.39, 0.29) is 0 Å². The normalized spacial score (nSPS) is 33.2. The Bertz CT molecular complexity index is 195. The molecule has 0 saturated heterocycles. The quantitative estimate of drug-likeness (QED) is 0.483. The summed E-state index contributed by atoms with van der Waals surface area (Å²) in [5.74, 6) is 0. The molecule has 0 nitrogen and oxygen atoms in total. The zero-order valence-electron chi connectivity index (χ0n) is 4.92. The van der Waals surface area contributed by atoms with E-state index in [4.69, 9.17) is 11.6 Å². The van der Waals surface area contributed by atoms with E-state index >= 15 is 0 Å². The molecule has 1 aliphatic carbocycles. The number of hydrogen-bond acceptors (Lipinski definition) is 0. The molecule has 0 aliphatic heterocycles. The van der Waals surface area contributed by atoms with Crippen LogP contribution >= 0.6 is 11.6 Å². The Balaban J connectivity index is 2.77. The third kappa shape index (κ3) is 2.34. The van der Waals surface area contributed by atoms with E-state index in [0.717, 1.165) is 5.03 Å². The van der Waals surface area contributed by atoms with Crippen LogP contribution < -0.4 is 0 Å². The van der Waals surface area contributed by atoms with E-state index in [0.29, 0.717) is 0 Å². The number of rotatable bonds is 0. The minimum Gasteiger partial charge on any atom is -0.0843 e. The third-order valence-electron chi connectivity index (χ3n) is 0.955. The molecule has 1 heteroatoms. The van der Waals surface area contributed by atoms with Gasteiger partial charge in [0.25, 0.3) is 0 Å². The lowest BCUT2D eigenvalue weighted by Crippen LogP contribution is -1.63. The Morgan fingerprint density at radius 2 is 1.56 bits per heavy atom. The lowest BCUT2D eigenvalue weighted by molar-refractivity contribution is 1.77. The van der Waals surface area contributed by atoms with E-state index in [1.54, 1.807) is 0 Å². The second-order valence-corrected chi connectivity index (χ2v) is 2.12. The van der Waals surface area contributed by atoms with Crippen LogP contribution in [0.25, 0.3) is 0 Å². The van der Waals surface area contributed by atoms with Crippen LogP contribution in [0.3, 0.4) is 0 Å². The summed E-state index contributed by atoms with van der Waals surface area (Å²) < 4.78 is 0. The molecule has 46 valence electrons. The molecule has 0 aromatic carbocycles. The zero-order valence-corrected chi connectivity index (χ0v) is 5.68. The van der Waals surface area contributed by atoms with Crippen molar-refractivity contribution in [3.05, 3.63) is 47.6 Å². The molecule has 0 spiro atoms. The van der Waals surface area contributed by atoms with Gasteiger partial charge < -0.3 is 0 Å². The smallest absolute Gasteiger partial charge is 0.0405 e. The molecule has 0 N–H and O–H groups in total. The minimum atomic E-state index is 0.760. The maximum absolute atomic E-state index is 5.68. The van der Waals surface area contributed by atoms with Crippen molar-refractivity contribution in [2.45, 2.75) is 0 Å². The lowest BCUT2D eigenvalue weighted by Gasteiger charge is -1.85. The first-order chi connectivity index (χ1) is 4.39. The number of halogens is 1. The molecule has 0 aromatic heterocycles. The van der Waals surface area contributed by atoms with Gasteiger partial charge in [0, 0.05) is 5.03 Å². The van der Waals surface area contributed by atoms with E-state index in [2.05, 4.69) is 0 Å². The van der Waals surface area contributed by atoms with Crippen molar-refractivity contribution in [3.8, 4) is 0 Å². The second-order valence-electron chi connectivity index (χ2n) is 1.68. The standard InChI is InChI=1S/C8H7Cl/c9-8-6-4-2-1-3-5-7-8/h1-7H/b2-1-,3-1?,4-2?,5-3-,6-4-,7-5?,8-6?,8-7+. The number of allylic oxidation sites excluding steroid dienone is 8. The average Bonchev–Trinajstić information content (AvgIpc) is 1.79. The Labute approximate surface area is 59.8 Å². The van der Waals surface area contributed by atoms with Crippen LogP contribution in [0.5, 0.6) is 0 Å². The van der Waals surface area contributed by atoms with Gasteiger partial charge in [-0.3, -0.25) is 0 Å². The maximum atomic E-state index is 5.68. The van der Waals surface area contributed by atoms with Gasteiger partial charge in [-0.05, 0) is 12.2 Å². The van der Waals surface area contributed by atoms with Crippen LogP contribution in [-0.4, -0.2) is 0 Å². The van der Waals surface area contributed by atoms with Gasteiger partial charge in [-0.15, -0.1) is 0 Å². The summed E-state index contributed by atoms with van der Waals surface area (Å²) in [7, 11) is 0. The van der Waals surface area contributed by atoms with Crippen LogP contribution in [-0.2, 0) is 0 Å². The molecule has 0 atom stereocenters. The first kappa shape index (κ1) is 6.37. The SMILES string of the molecule is ClC1=C/C=C\C=C/C=C\1. The fraction of sp³-hybridized carbons (Fsp3) is 0. The van der Waals surface area contributed by atoms with Gasteiger partial charge >= 0.3 is 0 Å². The van der Waals surface area contributed by atoms with Gasteiger partial charge in [0.05, 0.1) is 0 Å². The molecular weight excluding hydrogens is 132 g/mol. The highest BCUT2D eigenvalue weighted by Gasteiger charge is 1.79. The molecule has 0 fully saturated rings. The largest absolute Gasteiger partial charge is 0.0843 e. The van der Waals surface area contributed by atoms with Crippen LogP contribution in [0.2, 0.25) is 0 Å². The fourth-order valence-electron chi connectivity index (χ4n) is 0.543. The van der Waals surface area contributed by atoms with E-state index in [9.17, 15) is 0 Å². The van der Waals surface area contributed by atoms with Crippen molar-refractivity contribution >= 4 is 11.6 Å². The van der Waals surface area contributed by atoms with Gasteiger partial charge in [-0.1, -0.05) is 42.0 Å². The topological polar surface area (TPSA) is 0 Å². The van der Waals surface area contributed by atoms with Gasteiger partial charge in [0.15, 0.2) is 0 Å². The van der Waals surface area contributed by atoms with Crippen LogP contribution in [0, 0.1) is 0 Å². The molecule has 9 heavy (non-hydrogen) atoms. The highest BCUT2D eigenvalue weighted by molar-refractivity contribution is 6.31. The molecule has 0 heterocycles. The summed E-state index contributed by atoms with van der Waals surface area (Å²) >= 11 is 5.68. The van der Waals surface area contributed by atoms with Crippen molar-refractivity contribution in [3.63, 3.8) is 0 Å². The lowest BCUT2D eigenvalue weighted by atomic mass is 10.3. The summed E-state index contributed by atoms with van der Waals surface area (Å²) in [5.41, 5.74) is 0. The van der Waals surface area contributed by atoms with E-state index < -0.39 is 0 Å². The van der Waals surface area contributed by atoms with Crippen molar-refractivity contribution in [1.29, 1.82) is 0 Å². The predicted molar refractivity (Wildman–Crippen MR) is 41.4 cm³/mol. The van der Waals surface area contributed by atoms with Gasteiger partial charge in [0.2, 0.25) is 0 Å². The summed E-state index contributed by atoms with van der Waals surface area (Å²) in [6.07, 6.45) is 13.3. The first-order valence-corrected chi connectivity index (χ1v) is 3.14. The van der Waals surface area contributed by atoms with Crippen molar-refractivity contribution < 1.29 is 0 Å². The van der Waals surface area contributed by atoms with Crippen molar-refractivity contribution in [2.24, 2.45) is 0 Å². The monoisotopic (exact) mass is 138 g/mol. The Morgan fingerprint density at radius 1 is 0.889 bits per heavy atom. The summed E-state index contributed by atoms with van der Waals surface area (Å²) in [4.78, 5) is 0. The molecule has 0 radical (unpaired) electrons. The fourth-order valence-corrected chi connectivity index (χ4v) is 0.688. The molecule has 0 bridgehead atoms. The van der Waals surface area contributed by atoms with Crippen molar-refractivity contribution in [1.82, 2.24) is 0 Å². The van der Waals surface area contributed by atoms with Gasteiger partial charge in [-0.2, -0.15) is 0 Å². The Morgan fingerprint density at radius 3 is 2.44 bits per heavy atom. The van der Waals surface area contributed by atoms with Crippen LogP contribution in [0.1, 0.15) is 0 Å². The summed E-state index contributed by atoms with van der Waals surface area (Å²) in [6, 6.07) is 0. The van der Waals surface area contributed by atoms with Gasteiger partial charge in [0.1, 0.15) is 0 Å². The molecule has 0 aromatic rings. The molecule has 0 amide bonds. The van der Waals surface area contributed by atoms with E-state index in [1.807, 2.05) is 42.5 Å². The van der Waals surface area contributed by atoms with E-state index in [1.165, 1.54) is 0 Å². The highest BCUT2D eigenvalue weighted by atomic mass is 35.5. The average molecular weight is 139 g/mol. The van der Waals surface area contributed by atoms with Crippen LogP contribution in [0.4, 0.5) is 0 Å². The summed E-state index contributed by atoms with van der Waals surface area (Å²) in [6.45, 7) is 0. The third-order valence-corrected chi connectivity index (χ3v) is 1.21. The first-order valence-electron chi connectivity index (χ1n) is 2.77. The summed E-state index contributed by atoms with van der Waals surface area (Å²) in [5, 5.41) is 0.760. The Hall–Kier alpha value is -0.750. The number of hydrogen-bond donors (Lipinski definition) is 0. The van der Waals surface area contributed by atoms with Crippen LogP contribution in [0.15, 0.2) is 47.6 Å². The molecule has 0 saturated carbocycles. The predicted octanol–water partition coefficient (Wildman–Crippen LogP) is 2.79. The molecule has 1 rings (SSSR count). The van der Waals surface area contributed by atoms with Gasteiger partial charge in [-0.25, -0.2) is 0 Å². The maximum Gasteiger partial charge on any atom is 0.0405 e. The zero-order chi connectivity index (χ0) is 6.53. The van der Waals surface area contributed by atoms with Crippen molar-refractivity contribution in [2.75, 3.05) is 0 Å². The molecule has 0 unspecified atom stereocenters.